The smallest absolute Gasteiger partial charge is 0.227 e. The lowest BCUT2D eigenvalue weighted by Gasteiger charge is -2.26. The molecule has 0 bridgehead atoms. The van der Waals surface area contributed by atoms with Gasteiger partial charge < -0.3 is 15.0 Å². The van der Waals surface area contributed by atoms with Crippen molar-refractivity contribution in [2.24, 2.45) is 5.92 Å². The zero-order chi connectivity index (χ0) is 12.8. The minimum atomic E-state index is -0.0725. The molecular formula is C12H22N2O3. The molecule has 1 heterocycles. The first-order chi connectivity index (χ1) is 8.00. The summed E-state index contributed by atoms with van der Waals surface area (Å²) in [6.07, 6.45) is 1.29. The van der Waals surface area contributed by atoms with E-state index in [0.717, 1.165) is 0 Å². The summed E-state index contributed by atoms with van der Waals surface area (Å²) in [5.74, 6) is 0.0638. The van der Waals surface area contributed by atoms with Gasteiger partial charge in [0, 0.05) is 26.6 Å². The number of carbonyl (C=O) groups is 2. The third-order valence-electron chi connectivity index (χ3n) is 2.87. The van der Waals surface area contributed by atoms with Crippen molar-refractivity contribution in [1.82, 2.24) is 10.2 Å². The fraction of sp³-hybridized carbons (Fsp3) is 0.833. The molecule has 0 saturated carbocycles. The Labute approximate surface area is 102 Å². The first-order valence-electron chi connectivity index (χ1n) is 6.14. The van der Waals surface area contributed by atoms with Crippen LogP contribution in [0.2, 0.25) is 0 Å². The fourth-order valence-corrected chi connectivity index (χ4v) is 1.79. The van der Waals surface area contributed by atoms with E-state index >= 15 is 0 Å². The summed E-state index contributed by atoms with van der Waals surface area (Å²) < 4.78 is 5.40. The van der Waals surface area contributed by atoms with Crippen molar-refractivity contribution in [3.63, 3.8) is 0 Å². The second-order valence-corrected chi connectivity index (χ2v) is 4.72. The van der Waals surface area contributed by atoms with Crippen LogP contribution in [0.15, 0.2) is 0 Å². The van der Waals surface area contributed by atoms with Gasteiger partial charge in [0.25, 0.3) is 0 Å². The number of nitrogens with one attached hydrogen (secondary N) is 1. The molecule has 0 aromatic rings. The molecule has 1 saturated heterocycles. The lowest BCUT2D eigenvalue weighted by Crippen LogP contribution is -2.44. The summed E-state index contributed by atoms with van der Waals surface area (Å²) in [5, 5.41) is 2.72. The van der Waals surface area contributed by atoms with E-state index in [1.807, 2.05) is 13.8 Å². The van der Waals surface area contributed by atoms with Crippen LogP contribution in [0.25, 0.3) is 0 Å². The van der Waals surface area contributed by atoms with Gasteiger partial charge in [0.15, 0.2) is 0 Å². The average Bonchev–Trinajstić information content (AvgIpc) is 2.28. The quantitative estimate of drug-likeness (QED) is 0.759. The first kappa shape index (κ1) is 14.0. The van der Waals surface area contributed by atoms with Crippen molar-refractivity contribution in [1.29, 1.82) is 0 Å². The van der Waals surface area contributed by atoms with Crippen molar-refractivity contribution in [2.75, 3.05) is 26.7 Å². The summed E-state index contributed by atoms with van der Waals surface area (Å²) in [6.45, 7) is 5.56. The van der Waals surface area contributed by atoms with E-state index in [4.69, 9.17) is 4.74 Å². The Balaban J connectivity index is 2.28. The number of carbonyl (C=O) groups excluding carboxylic acids is 2. The topological polar surface area (TPSA) is 58.6 Å². The van der Waals surface area contributed by atoms with Crippen molar-refractivity contribution in [2.45, 2.75) is 32.8 Å². The molecule has 2 amide bonds. The molecule has 0 spiro atoms. The largest absolute Gasteiger partial charge is 0.377 e. The van der Waals surface area contributed by atoms with Crippen molar-refractivity contribution >= 4 is 11.8 Å². The molecule has 0 aliphatic carbocycles. The van der Waals surface area contributed by atoms with Crippen molar-refractivity contribution < 1.29 is 14.3 Å². The molecule has 1 atom stereocenters. The predicted molar refractivity (Wildman–Crippen MR) is 64.5 cm³/mol. The molecule has 1 N–H and O–H groups in total. The molecule has 98 valence electrons. The van der Waals surface area contributed by atoms with Crippen LogP contribution in [0.3, 0.4) is 0 Å². The van der Waals surface area contributed by atoms with E-state index in [1.54, 1.807) is 11.9 Å². The zero-order valence-electron chi connectivity index (χ0n) is 10.9. The van der Waals surface area contributed by atoms with E-state index in [0.29, 0.717) is 32.5 Å². The Hall–Kier alpha value is -1.10. The van der Waals surface area contributed by atoms with E-state index in [-0.39, 0.29) is 23.8 Å². The van der Waals surface area contributed by atoms with E-state index in [1.165, 1.54) is 0 Å². The highest BCUT2D eigenvalue weighted by molar-refractivity contribution is 5.83. The van der Waals surface area contributed by atoms with Gasteiger partial charge in [-0.1, -0.05) is 0 Å². The molecule has 5 heteroatoms. The summed E-state index contributed by atoms with van der Waals surface area (Å²) in [7, 11) is 1.78. The third-order valence-corrected chi connectivity index (χ3v) is 2.87. The van der Waals surface area contributed by atoms with Crippen LogP contribution in [-0.4, -0.2) is 49.6 Å². The standard InChI is InChI=1S/C12H22N2O3/c1-9(2)17-7-6-14(3)12(16)10-4-5-11(15)13-8-10/h9-10H,4-8H2,1-3H3,(H,13,15). The fourth-order valence-electron chi connectivity index (χ4n) is 1.79. The monoisotopic (exact) mass is 242 g/mol. The minimum Gasteiger partial charge on any atom is -0.377 e. The van der Waals surface area contributed by atoms with Gasteiger partial charge in [-0.15, -0.1) is 0 Å². The Kier molecular flexibility index (Phi) is 5.41. The van der Waals surface area contributed by atoms with E-state index in [9.17, 15) is 9.59 Å². The Morgan fingerprint density at radius 2 is 2.29 bits per heavy atom. The normalized spacial score (nSPS) is 20.2. The lowest BCUT2D eigenvalue weighted by molar-refractivity contribution is -0.137. The number of hydrogen-bond acceptors (Lipinski definition) is 3. The summed E-state index contributed by atoms with van der Waals surface area (Å²) >= 11 is 0. The molecule has 1 aliphatic rings. The SMILES string of the molecule is CC(C)OCCN(C)C(=O)C1CCC(=O)NC1. The minimum absolute atomic E-state index is 0.0415. The maximum absolute atomic E-state index is 12.0. The Morgan fingerprint density at radius 3 is 2.82 bits per heavy atom. The molecule has 0 radical (unpaired) electrons. The van der Waals surface area contributed by atoms with Gasteiger partial charge >= 0.3 is 0 Å². The molecule has 1 aliphatic heterocycles. The molecular weight excluding hydrogens is 220 g/mol. The van der Waals surface area contributed by atoms with Crippen LogP contribution >= 0.6 is 0 Å². The van der Waals surface area contributed by atoms with Crippen LogP contribution in [0, 0.1) is 5.92 Å². The number of rotatable bonds is 5. The van der Waals surface area contributed by atoms with Crippen LogP contribution in [-0.2, 0) is 14.3 Å². The highest BCUT2D eigenvalue weighted by Gasteiger charge is 2.26. The number of likely N-dealkylation sites (N-methyl/N-ethyl adjacent to an activating group) is 1. The molecule has 1 fully saturated rings. The highest BCUT2D eigenvalue weighted by Crippen LogP contribution is 2.13. The maximum atomic E-state index is 12.0. The van der Waals surface area contributed by atoms with Crippen LogP contribution in [0.4, 0.5) is 0 Å². The van der Waals surface area contributed by atoms with Gasteiger partial charge in [0.05, 0.1) is 18.6 Å². The van der Waals surface area contributed by atoms with Gasteiger partial charge in [-0.3, -0.25) is 9.59 Å². The first-order valence-corrected chi connectivity index (χ1v) is 6.14. The van der Waals surface area contributed by atoms with Crippen molar-refractivity contribution in [3.8, 4) is 0 Å². The molecule has 17 heavy (non-hydrogen) atoms. The van der Waals surface area contributed by atoms with Gasteiger partial charge in [-0.05, 0) is 20.3 Å². The van der Waals surface area contributed by atoms with Crippen LogP contribution < -0.4 is 5.32 Å². The molecule has 0 aromatic heterocycles. The Morgan fingerprint density at radius 1 is 1.59 bits per heavy atom. The number of nitrogens with zero attached hydrogens (tertiary/aromatic N) is 1. The van der Waals surface area contributed by atoms with E-state index in [2.05, 4.69) is 5.32 Å². The molecule has 1 rings (SSSR count). The number of amides is 2. The summed E-state index contributed by atoms with van der Waals surface area (Å²) in [5.41, 5.74) is 0. The summed E-state index contributed by atoms with van der Waals surface area (Å²) in [6, 6.07) is 0. The summed E-state index contributed by atoms with van der Waals surface area (Å²) in [4.78, 5) is 24.7. The lowest BCUT2D eigenvalue weighted by atomic mass is 9.98. The van der Waals surface area contributed by atoms with Gasteiger partial charge in [-0.25, -0.2) is 0 Å². The van der Waals surface area contributed by atoms with Crippen LogP contribution in [0.5, 0.6) is 0 Å². The van der Waals surface area contributed by atoms with Gasteiger partial charge in [0.2, 0.25) is 11.8 Å². The van der Waals surface area contributed by atoms with E-state index < -0.39 is 0 Å². The molecule has 5 nitrogen and oxygen atoms in total. The Bertz CT molecular complexity index is 269. The highest BCUT2D eigenvalue weighted by atomic mass is 16.5. The zero-order valence-corrected chi connectivity index (χ0v) is 10.9. The number of hydrogen-bond donors (Lipinski definition) is 1. The maximum Gasteiger partial charge on any atom is 0.227 e. The number of piperidine rings is 1. The van der Waals surface area contributed by atoms with Crippen molar-refractivity contribution in [3.05, 3.63) is 0 Å². The molecule has 0 aromatic carbocycles. The second kappa shape index (κ2) is 6.59. The number of ether oxygens (including phenoxy) is 1. The van der Waals surface area contributed by atoms with Gasteiger partial charge in [-0.2, -0.15) is 0 Å². The molecule has 1 unspecified atom stereocenters. The average molecular weight is 242 g/mol. The predicted octanol–water partition coefficient (Wildman–Crippen LogP) is 0.396. The second-order valence-electron chi connectivity index (χ2n) is 4.72. The van der Waals surface area contributed by atoms with Gasteiger partial charge in [0.1, 0.15) is 0 Å². The third kappa shape index (κ3) is 4.73. The van der Waals surface area contributed by atoms with Crippen LogP contribution in [0.1, 0.15) is 26.7 Å².